The van der Waals surface area contributed by atoms with E-state index in [2.05, 4.69) is 27.3 Å². The second-order valence-electron chi connectivity index (χ2n) is 3.61. The van der Waals surface area contributed by atoms with Crippen molar-refractivity contribution in [2.24, 2.45) is 0 Å². The standard InChI is InChI=1S/C13H12BrNO2/c14-8-10-3-1-4-11(7-10)9-15-13(16)12-5-2-6-17-12/h1-7H,8-9H2,(H,15,16). The molecule has 0 spiro atoms. The molecule has 17 heavy (non-hydrogen) atoms. The molecular formula is C13H12BrNO2. The predicted molar refractivity (Wildman–Crippen MR) is 69.0 cm³/mol. The molecule has 1 N–H and O–H groups in total. The van der Waals surface area contributed by atoms with Crippen molar-refractivity contribution in [3.8, 4) is 0 Å². The van der Waals surface area contributed by atoms with E-state index in [0.29, 0.717) is 12.3 Å². The van der Waals surface area contributed by atoms with Crippen LogP contribution >= 0.6 is 15.9 Å². The zero-order valence-electron chi connectivity index (χ0n) is 9.15. The van der Waals surface area contributed by atoms with Gasteiger partial charge in [0.15, 0.2) is 5.76 Å². The van der Waals surface area contributed by atoms with Crippen LogP contribution in [-0.4, -0.2) is 5.91 Å². The number of carbonyl (C=O) groups excluding carboxylic acids is 1. The third kappa shape index (κ3) is 3.20. The van der Waals surface area contributed by atoms with E-state index < -0.39 is 0 Å². The Morgan fingerprint density at radius 2 is 2.06 bits per heavy atom. The lowest BCUT2D eigenvalue weighted by atomic mass is 10.1. The highest BCUT2D eigenvalue weighted by molar-refractivity contribution is 9.08. The first-order valence-electron chi connectivity index (χ1n) is 5.25. The van der Waals surface area contributed by atoms with Crippen LogP contribution < -0.4 is 5.32 Å². The van der Waals surface area contributed by atoms with Crippen LogP contribution in [0.1, 0.15) is 21.7 Å². The molecule has 2 aromatic rings. The Kier molecular flexibility index (Phi) is 3.98. The van der Waals surface area contributed by atoms with Crippen LogP contribution in [-0.2, 0) is 11.9 Å². The molecule has 0 aliphatic rings. The molecule has 4 heteroatoms. The SMILES string of the molecule is O=C(NCc1cccc(CBr)c1)c1ccco1. The zero-order chi connectivity index (χ0) is 12.1. The fraction of sp³-hybridized carbons (Fsp3) is 0.154. The molecule has 0 saturated carbocycles. The van der Waals surface area contributed by atoms with Crippen molar-refractivity contribution in [2.75, 3.05) is 0 Å². The molecule has 0 radical (unpaired) electrons. The number of alkyl halides is 1. The van der Waals surface area contributed by atoms with Crippen molar-refractivity contribution in [1.82, 2.24) is 5.32 Å². The first-order chi connectivity index (χ1) is 8.29. The molecule has 1 aromatic heterocycles. The maximum atomic E-state index is 11.6. The molecule has 0 unspecified atom stereocenters. The minimum Gasteiger partial charge on any atom is -0.459 e. The summed E-state index contributed by atoms with van der Waals surface area (Å²) in [7, 11) is 0. The third-order valence-electron chi connectivity index (χ3n) is 2.34. The van der Waals surface area contributed by atoms with Gasteiger partial charge in [0.25, 0.3) is 5.91 Å². The summed E-state index contributed by atoms with van der Waals surface area (Å²) in [5.74, 6) is 0.140. The maximum Gasteiger partial charge on any atom is 0.287 e. The Morgan fingerprint density at radius 1 is 1.24 bits per heavy atom. The van der Waals surface area contributed by atoms with E-state index in [9.17, 15) is 4.79 Å². The molecule has 0 atom stereocenters. The fourth-order valence-electron chi connectivity index (χ4n) is 1.50. The number of nitrogens with one attached hydrogen (secondary N) is 1. The lowest BCUT2D eigenvalue weighted by Crippen LogP contribution is -2.22. The number of benzene rings is 1. The highest BCUT2D eigenvalue weighted by atomic mass is 79.9. The second kappa shape index (κ2) is 5.68. The summed E-state index contributed by atoms with van der Waals surface area (Å²) in [5, 5.41) is 3.62. The molecular weight excluding hydrogens is 282 g/mol. The van der Waals surface area contributed by atoms with Crippen LogP contribution in [0.3, 0.4) is 0 Å². The Labute approximate surface area is 108 Å². The van der Waals surface area contributed by atoms with Crippen molar-refractivity contribution in [3.05, 3.63) is 59.5 Å². The van der Waals surface area contributed by atoms with Crippen LogP contribution in [0.5, 0.6) is 0 Å². The lowest BCUT2D eigenvalue weighted by molar-refractivity contribution is 0.0923. The average Bonchev–Trinajstić information content (AvgIpc) is 2.90. The van der Waals surface area contributed by atoms with Crippen molar-refractivity contribution >= 4 is 21.8 Å². The molecule has 3 nitrogen and oxygen atoms in total. The van der Waals surface area contributed by atoms with E-state index in [-0.39, 0.29) is 5.91 Å². The molecule has 0 bridgehead atoms. The van der Waals surface area contributed by atoms with E-state index in [1.54, 1.807) is 12.1 Å². The number of amides is 1. The third-order valence-corrected chi connectivity index (χ3v) is 2.99. The predicted octanol–water partition coefficient (Wildman–Crippen LogP) is 3.10. The lowest BCUT2D eigenvalue weighted by Gasteiger charge is -2.04. The molecule has 1 heterocycles. The number of hydrogen-bond acceptors (Lipinski definition) is 2. The van der Waals surface area contributed by atoms with E-state index in [0.717, 1.165) is 10.9 Å². The topological polar surface area (TPSA) is 42.2 Å². The van der Waals surface area contributed by atoms with Gasteiger partial charge in [-0.15, -0.1) is 0 Å². The fourth-order valence-corrected chi connectivity index (χ4v) is 1.85. The Bertz CT molecular complexity index is 494. The van der Waals surface area contributed by atoms with Gasteiger partial charge in [-0.1, -0.05) is 40.2 Å². The zero-order valence-corrected chi connectivity index (χ0v) is 10.7. The molecule has 1 aromatic carbocycles. The van der Waals surface area contributed by atoms with Gasteiger partial charge in [-0.25, -0.2) is 0 Å². The maximum absolute atomic E-state index is 11.6. The van der Waals surface area contributed by atoms with E-state index >= 15 is 0 Å². The first kappa shape index (κ1) is 11.9. The Morgan fingerprint density at radius 3 is 2.76 bits per heavy atom. The van der Waals surface area contributed by atoms with E-state index in [1.807, 2.05) is 18.2 Å². The number of hydrogen-bond donors (Lipinski definition) is 1. The molecule has 0 aliphatic carbocycles. The van der Waals surface area contributed by atoms with Gasteiger partial charge in [-0.2, -0.15) is 0 Å². The molecule has 0 saturated heterocycles. The van der Waals surface area contributed by atoms with Gasteiger partial charge >= 0.3 is 0 Å². The van der Waals surface area contributed by atoms with Crippen molar-refractivity contribution < 1.29 is 9.21 Å². The van der Waals surface area contributed by atoms with Gasteiger partial charge in [0.2, 0.25) is 0 Å². The van der Waals surface area contributed by atoms with E-state index in [4.69, 9.17) is 4.42 Å². The Balaban J connectivity index is 1.95. The van der Waals surface area contributed by atoms with Gasteiger partial charge in [-0.3, -0.25) is 4.79 Å². The van der Waals surface area contributed by atoms with Gasteiger partial charge in [-0.05, 0) is 23.3 Å². The molecule has 1 amide bonds. The number of furan rings is 1. The van der Waals surface area contributed by atoms with E-state index in [1.165, 1.54) is 11.8 Å². The van der Waals surface area contributed by atoms with Crippen molar-refractivity contribution in [1.29, 1.82) is 0 Å². The van der Waals surface area contributed by atoms with Crippen LogP contribution in [0.2, 0.25) is 0 Å². The largest absolute Gasteiger partial charge is 0.459 e. The summed E-state index contributed by atoms with van der Waals surface area (Å²) in [6, 6.07) is 11.4. The highest BCUT2D eigenvalue weighted by Gasteiger charge is 2.07. The first-order valence-corrected chi connectivity index (χ1v) is 6.37. The van der Waals surface area contributed by atoms with Crippen molar-refractivity contribution in [2.45, 2.75) is 11.9 Å². The number of rotatable bonds is 4. The Hall–Kier alpha value is -1.55. The second-order valence-corrected chi connectivity index (χ2v) is 4.17. The summed E-state index contributed by atoms with van der Waals surface area (Å²) < 4.78 is 5.01. The van der Waals surface area contributed by atoms with Crippen LogP contribution in [0.4, 0.5) is 0 Å². The van der Waals surface area contributed by atoms with Gasteiger partial charge in [0, 0.05) is 11.9 Å². The summed E-state index contributed by atoms with van der Waals surface area (Å²) in [4.78, 5) is 11.6. The van der Waals surface area contributed by atoms with Crippen LogP contribution in [0.25, 0.3) is 0 Å². The number of halogens is 1. The summed E-state index contributed by atoms with van der Waals surface area (Å²) in [6.07, 6.45) is 1.49. The smallest absolute Gasteiger partial charge is 0.287 e. The number of carbonyl (C=O) groups is 1. The minimum atomic E-state index is -0.195. The minimum absolute atomic E-state index is 0.195. The van der Waals surface area contributed by atoms with Crippen molar-refractivity contribution in [3.63, 3.8) is 0 Å². The summed E-state index contributed by atoms with van der Waals surface area (Å²) in [5.41, 5.74) is 2.26. The average molecular weight is 294 g/mol. The molecule has 0 aliphatic heterocycles. The highest BCUT2D eigenvalue weighted by Crippen LogP contribution is 2.09. The summed E-state index contributed by atoms with van der Waals surface area (Å²) >= 11 is 3.40. The molecule has 88 valence electrons. The van der Waals surface area contributed by atoms with Crippen LogP contribution in [0, 0.1) is 0 Å². The quantitative estimate of drug-likeness (QED) is 0.880. The van der Waals surface area contributed by atoms with Gasteiger partial charge in [0.05, 0.1) is 6.26 Å². The monoisotopic (exact) mass is 293 g/mol. The van der Waals surface area contributed by atoms with Crippen LogP contribution in [0.15, 0.2) is 47.1 Å². The summed E-state index contributed by atoms with van der Waals surface area (Å²) in [6.45, 7) is 0.500. The molecule has 0 fully saturated rings. The molecule has 2 rings (SSSR count). The van der Waals surface area contributed by atoms with Gasteiger partial charge < -0.3 is 9.73 Å². The van der Waals surface area contributed by atoms with Gasteiger partial charge in [0.1, 0.15) is 0 Å². The normalized spacial score (nSPS) is 10.2.